The van der Waals surface area contributed by atoms with Gasteiger partial charge in [0, 0.05) is 26.2 Å². The van der Waals surface area contributed by atoms with E-state index in [9.17, 15) is 14.7 Å². The van der Waals surface area contributed by atoms with Crippen LogP contribution in [0.5, 0.6) is 0 Å². The topological polar surface area (TPSA) is 75.6 Å². The van der Waals surface area contributed by atoms with Gasteiger partial charge >= 0.3 is 5.97 Å². The summed E-state index contributed by atoms with van der Waals surface area (Å²) in [5.41, 5.74) is -0.929. The lowest BCUT2D eigenvalue weighted by Crippen LogP contribution is -2.37. The normalized spacial score (nSPS) is 11.3. The van der Waals surface area contributed by atoms with Crippen molar-refractivity contribution in [1.82, 2.24) is 5.32 Å². The molecule has 0 saturated carbocycles. The first kappa shape index (κ1) is 18.9. The number of rotatable bonds is 12. The van der Waals surface area contributed by atoms with E-state index in [4.69, 9.17) is 4.74 Å². The molecule has 0 rings (SSSR count). The summed E-state index contributed by atoms with van der Waals surface area (Å²) in [6.07, 6.45) is 3.90. The lowest BCUT2D eigenvalue weighted by Gasteiger charge is -2.25. The molecule has 0 unspecified atom stereocenters. The molecule has 0 heterocycles. The van der Waals surface area contributed by atoms with Crippen molar-refractivity contribution in [3.63, 3.8) is 0 Å². The molecule has 0 aliphatic heterocycles. The van der Waals surface area contributed by atoms with Gasteiger partial charge in [-0.1, -0.05) is 27.2 Å². The summed E-state index contributed by atoms with van der Waals surface area (Å²) >= 11 is 0. The third-order valence-electron chi connectivity index (χ3n) is 3.74. The van der Waals surface area contributed by atoms with E-state index >= 15 is 0 Å². The Morgan fingerprint density at radius 1 is 1.10 bits per heavy atom. The van der Waals surface area contributed by atoms with Crippen LogP contribution in [-0.4, -0.2) is 36.7 Å². The van der Waals surface area contributed by atoms with Crippen molar-refractivity contribution in [3.8, 4) is 0 Å². The Hall–Kier alpha value is -1.10. The lowest BCUT2D eigenvalue weighted by atomic mass is 9.79. The quantitative estimate of drug-likeness (QED) is 0.541. The van der Waals surface area contributed by atoms with Crippen molar-refractivity contribution in [2.24, 2.45) is 5.41 Å². The molecule has 0 aromatic rings. The lowest BCUT2D eigenvalue weighted by molar-refractivity contribution is -0.152. The second-order valence-electron chi connectivity index (χ2n) is 5.14. The zero-order valence-electron chi connectivity index (χ0n) is 13.0. The smallest absolute Gasteiger partial charge is 0.310 e. The van der Waals surface area contributed by atoms with Crippen molar-refractivity contribution in [1.29, 1.82) is 0 Å². The number of hydrogen-bond acceptors (Lipinski definition) is 3. The van der Waals surface area contributed by atoms with Crippen molar-refractivity contribution in [3.05, 3.63) is 0 Å². The maximum Gasteiger partial charge on any atom is 0.310 e. The molecule has 5 nitrogen and oxygen atoms in total. The second kappa shape index (κ2) is 10.7. The Morgan fingerprint density at radius 2 is 1.70 bits per heavy atom. The van der Waals surface area contributed by atoms with E-state index in [1.165, 1.54) is 0 Å². The molecular weight excluding hydrogens is 258 g/mol. The number of aliphatic carboxylic acids is 1. The van der Waals surface area contributed by atoms with Crippen LogP contribution >= 0.6 is 0 Å². The van der Waals surface area contributed by atoms with Gasteiger partial charge in [0.25, 0.3) is 0 Å². The molecule has 118 valence electrons. The Labute approximate surface area is 122 Å². The highest BCUT2D eigenvalue weighted by Crippen LogP contribution is 2.30. The molecule has 20 heavy (non-hydrogen) atoms. The van der Waals surface area contributed by atoms with Gasteiger partial charge in [-0.25, -0.2) is 0 Å². The Bertz CT molecular complexity index is 288. The first-order valence-corrected chi connectivity index (χ1v) is 7.60. The molecule has 0 fully saturated rings. The van der Waals surface area contributed by atoms with Crippen LogP contribution in [0.15, 0.2) is 0 Å². The van der Waals surface area contributed by atoms with Gasteiger partial charge in [0.1, 0.15) is 0 Å². The van der Waals surface area contributed by atoms with Crippen molar-refractivity contribution in [2.45, 2.75) is 59.3 Å². The minimum Gasteiger partial charge on any atom is -0.481 e. The monoisotopic (exact) mass is 287 g/mol. The van der Waals surface area contributed by atoms with Crippen LogP contribution in [0.1, 0.15) is 59.3 Å². The number of ether oxygens (including phenoxy) is 1. The van der Waals surface area contributed by atoms with E-state index in [1.54, 1.807) is 0 Å². The molecule has 2 N–H and O–H groups in total. The fraction of sp³-hybridized carbons (Fsp3) is 0.867. The van der Waals surface area contributed by atoms with Crippen LogP contribution in [0.2, 0.25) is 0 Å². The number of carbonyl (C=O) groups is 2. The van der Waals surface area contributed by atoms with Gasteiger partial charge in [0.2, 0.25) is 5.91 Å². The minimum absolute atomic E-state index is 0.0476. The molecule has 0 aliphatic carbocycles. The van der Waals surface area contributed by atoms with Gasteiger partial charge in [-0.3, -0.25) is 9.59 Å². The van der Waals surface area contributed by atoms with Crippen LogP contribution in [0.3, 0.4) is 0 Å². The average molecular weight is 287 g/mol. The number of carboxylic acids is 1. The molecule has 0 bridgehead atoms. The fourth-order valence-corrected chi connectivity index (χ4v) is 2.00. The minimum atomic E-state index is -0.929. The average Bonchev–Trinajstić information content (AvgIpc) is 2.43. The van der Waals surface area contributed by atoms with Gasteiger partial charge in [-0.15, -0.1) is 0 Å². The van der Waals surface area contributed by atoms with Crippen LogP contribution in [0.25, 0.3) is 0 Å². The summed E-state index contributed by atoms with van der Waals surface area (Å²) in [6, 6.07) is 0. The van der Waals surface area contributed by atoms with E-state index < -0.39 is 11.4 Å². The molecule has 0 spiro atoms. The third kappa shape index (κ3) is 6.89. The third-order valence-corrected chi connectivity index (χ3v) is 3.74. The van der Waals surface area contributed by atoms with Gasteiger partial charge in [0.15, 0.2) is 0 Å². The summed E-state index contributed by atoms with van der Waals surface area (Å²) in [4.78, 5) is 23.1. The van der Waals surface area contributed by atoms with Gasteiger partial charge < -0.3 is 15.2 Å². The highest BCUT2D eigenvalue weighted by molar-refractivity contribution is 5.84. The van der Waals surface area contributed by atoms with Crippen molar-refractivity contribution >= 4 is 11.9 Å². The fourth-order valence-electron chi connectivity index (χ4n) is 2.00. The number of amides is 1. The van der Waals surface area contributed by atoms with E-state index in [-0.39, 0.29) is 12.3 Å². The molecule has 1 amide bonds. The highest BCUT2D eigenvalue weighted by atomic mass is 16.5. The predicted molar refractivity (Wildman–Crippen MR) is 78.6 cm³/mol. The Balaban J connectivity index is 3.89. The van der Waals surface area contributed by atoms with Gasteiger partial charge in [-0.2, -0.15) is 0 Å². The summed E-state index contributed by atoms with van der Waals surface area (Å²) in [6.45, 7) is 7.66. The Morgan fingerprint density at radius 3 is 2.20 bits per heavy atom. The zero-order valence-corrected chi connectivity index (χ0v) is 13.0. The van der Waals surface area contributed by atoms with E-state index in [2.05, 4.69) is 12.2 Å². The number of carboxylic acid groups (broad SMARTS) is 1. The largest absolute Gasteiger partial charge is 0.481 e. The molecule has 0 aliphatic rings. The summed E-state index contributed by atoms with van der Waals surface area (Å²) in [5.74, 6) is -1.08. The summed E-state index contributed by atoms with van der Waals surface area (Å²) < 4.78 is 5.39. The van der Waals surface area contributed by atoms with Crippen LogP contribution in [0, 0.1) is 5.41 Å². The second-order valence-corrected chi connectivity index (χ2v) is 5.14. The van der Waals surface area contributed by atoms with Crippen LogP contribution in [0.4, 0.5) is 0 Å². The molecule has 0 radical (unpaired) electrons. The van der Waals surface area contributed by atoms with Gasteiger partial charge in [0.05, 0.1) is 5.41 Å². The highest BCUT2D eigenvalue weighted by Gasteiger charge is 2.36. The molecule has 0 aromatic heterocycles. The van der Waals surface area contributed by atoms with Crippen LogP contribution < -0.4 is 5.32 Å². The number of unbranched alkanes of at least 4 members (excludes halogenated alkanes) is 1. The Kier molecular flexibility index (Phi) is 10.1. The maximum absolute atomic E-state index is 11.8. The number of hydrogen-bond donors (Lipinski definition) is 2. The van der Waals surface area contributed by atoms with Crippen molar-refractivity contribution in [2.75, 3.05) is 19.8 Å². The molecule has 0 saturated heterocycles. The molecule has 0 aromatic carbocycles. The van der Waals surface area contributed by atoms with E-state index in [0.29, 0.717) is 26.0 Å². The van der Waals surface area contributed by atoms with Crippen LogP contribution in [-0.2, 0) is 14.3 Å². The summed E-state index contributed by atoms with van der Waals surface area (Å²) in [7, 11) is 0. The van der Waals surface area contributed by atoms with E-state index in [1.807, 2.05) is 13.8 Å². The zero-order chi connectivity index (χ0) is 15.4. The maximum atomic E-state index is 11.8. The van der Waals surface area contributed by atoms with E-state index in [0.717, 1.165) is 25.9 Å². The number of carbonyl (C=O) groups excluding carboxylic acids is 1. The first-order chi connectivity index (χ1) is 9.52. The predicted octanol–water partition coefficient (Wildman–Crippen LogP) is 2.59. The summed E-state index contributed by atoms with van der Waals surface area (Å²) in [5, 5.41) is 12.0. The standard InChI is InChI=1S/C15H29NO4/c1-4-7-10-20-11-8-9-16-13(17)12-15(5-2,6-3)14(18)19/h4-12H2,1-3H3,(H,16,17)(H,18,19). The number of nitrogens with one attached hydrogen (secondary N) is 1. The first-order valence-electron chi connectivity index (χ1n) is 7.60. The van der Waals surface area contributed by atoms with Crippen molar-refractivity contribution < 1.29 is 19.4 Å². The molecular formula is C15H29NO4. The molecule has 0 atom stereocenters. The molecule has 5 heteroatoms. The SMILES string of the molecule is CCCCOCCCNC(=O)CC(CC)(CC)C(=O)O. The van der Waals surface area contributed by atoms with Gasteiger partial charge in [-0.05, 0) is 25.7 Å².